The van der Waals surface area contributed by atoms with E-state index in [0.717, 1.165) is 25.8 Å². The summed E-state index contributed by atoms with van der Waals surface area (Å²) >= 11 is 16.8. The van der Waals surface area contributed by atoms with Gasteiger partial charge in [-0.2, -0.15) is 0 Å². The summed E-state index contributed by atoms with van der Waals surface area (Å²) in [6, 6.07) is 11.7. The number of rotatable bonds is 3. The van der Waals surface area contributed by atoms with E-state index in [4.69, 9.17) is 16.3 Å². The number of hydrogen-bond donors (Lipinski definition) is 0. The highest BCUT2D eigenvalue weighted by atomic mass is 79.9. The van der Waals surface area contributed by atoms with Crippen LogP contribution in [0.4, 0.5) is 0 Å². The van der Waals surface area contributed by atoms with E-state index < -0.39 is 0 Å². The largest absolute Gasteiger partial charge is 0.496 e. The molecule has 2 aromatic carbocycles. The molecule has 0 saturated carbocycles. The summed E-state index contributed by atoms with van der Waals surface area (Å²) in [7, 11) is 1.66. The number of methoxy groups -OCH3 is 1. The van der Waals surface area contributed by atoms with Gasteiger partial charge in [-0.15, -0.1) is 0 Å². The maximum absolute atomic E-state index is 6.07. The SMILES string of the molecule is COc1ccc(Cl)cc1C(Br)c1ccc(Br)cc1Br. The lowest BCUT2D eigenvalue weighted by atomic mass is 10.0. The summed E-state index contributed by atoms with van der Waals surface area (Å²) in [5, 5.41) is 0.688. The van der Waals surface area contributed by atoms with E-state index in [2.05, 4.69) is 47.8 Å². The van der Waals surface area contributed by atoms with Crippen LogP contribution in [0.15, 0.2) is 45.3 Å². The third-order valence-corrected chi connectivity index (χ3v) is 5.10. The predicted molar refractivity (Wildman–Crippen MR) is 90.6 cm³/mol. The molecular weight excluding hydrogens is 459 g/mol. The molecule has 2 aromatic rings. The molecule has 0 bridgehead atoms. The van der Waals surface area contributed by atoms with Crippen LogP contribution in [-0.2, 0) is 0 Å². The minimum Gasteiger partial charge on any atom is -0.496 e. The predicted octanol–water partition coefficient (Wildman–Crippen LogP) is 6.36. The normalized spacial score (nSPS) is 12.3. The van der Waals surface area contributed by atoms with Crippen molar-refractivity contribution in [1.29, 1.82) is 0 Å². The van der Waals surface area contributed by atoms with Crippen molar-refractivity contribution in [2.24, 2.45) is 0 Å². The zero-order valence-electron chi connectivity index (χ0n) is 9.96. The van der Waals surface area contributed by atoms with Crippen LogP contribution in [0.3, 0.4) is 0 Å². The molecule has 5 heteroatoms. The molecule has 0 radical (unpaired) electrons. The van der Waals surface area contributed by atoms with Gasteiger partial charge < -0.3 is 4.74 Å². The molecular formula is C14H10Br3ClO. The third-order valence-electron chi connectivity index (χ3n) is 2.70. The van der Waals surface area contributed by atoms with E-state index in [0.29, 0.717) is 5.02 Å². The first kappa shape index (κ1) is 15.4. The summed E-state index contributed by atoms with van der Waals surface area (Å²) in [5.74, 6) is 0.807. The van der Waals surface area contributed by atoms with Crippen molar-refractivity contribution in [2.75, 3.05) is 7.11 Å². The summed E-state index contributed by atoms with van der Waals surface area (Å²) in [6.45, 7) is 0. The van der Waals surface area contributed by atoms with Gasteiger partial charge in [0, 0.05) is 19.5 Å². The molecule has 0 aliphatic heterocycles. The first-order chi connectivity index (χ1) is 9.02. The van der Waals surface area contributed by atoms with Gasteiger partial charge in [-0.05, 0) is 35.9 Å². The van der Waals surface area contributed by atoms with Gasteiger partial charge in [0.05, 0.1) is 11.9 Å². The van der Waals surface area contributed by atoms with Crippen LogP contribution < -0.4 is 4.74 Å². The van der Waals surface area contributed by atoms with Crippen molar-refractivity contribution in [2.45, 2.75) is 4.83 Å². The Morgan fingerprint density at radius 2 is 1.79 bits per heavy atom. The average molecular weight is 469 g/mol. The average Bonchev–Trinajstić information content (AvgIpc) is 2.38. The molecule has 1 atom stereocenters. The number of hydrogen-bond acceptors (Lipinski definition) is 1. The van der Waals surface area contributed by atoms with Crippen molar-refractivity contribution in [3.8, 4) is 5.75 Å². The smallest absolute Gasteiger partial charge is 0.123 e. The Labute approximate surface area is 142 Å². The minimum absolute atomic E-state index is 0.00336. The van der Waals surface area contributed by atoms with Crippen LogP contribution in [0.1, 0.15) is 16.0 Å². The highest BCUT2D eigenvalue weighted by Gasteiger charge is 2.18. The van der Waals surface area contributed by atoms with Crippen LogP contribution in [0.5, 0.6) is 5.75 Å². The first-order valence-corrected chi connectivity index (χ1v) is 8.33. The van der Waals surface area contributed by atoms with Gasteiger partial charge in [-0.3, -0.25) is 0 Å². The van der Waals surface area contributed by atoms with Crippen LogP contribution >= 0.6 is 59.4 Å². The van der Waals surface area contributed by atoms with Gasteiger partial charge in [0.2, 0.25) is 0 Å². The zero-order valence-corrected chi connectivity index (χ0v) is 15.5. The summed E-state index contributed by atoms with van der Waals surface area (Å²) in [5.41, 5.74) is 2.11. The molecule has 0 amide bonds. The van der Waals surface area contributed by atoms with Crippen molar-refractivity contribution in [3.63, 3.8) is 0 Å². The fourth-order valence-electron chi connectivity index (χ4n) is 1.78. The van der Waals surface area contributed by atoms with Crippen molar-refractivity contribution >= 4 is 59.4 Å². The van der Waals surface area contributed by atoms with Crippen molar-refractivity contribution in [1.82, 2.24) is 0 Å². The van der Waals surface area contributed by atoms with Crippen LogP contribution in [0, 0.1) is 0 Å². The van der Waals surface area contributed by atoms with E-state index in [1.807, 2.05) is 36.4 Å². The number of halogens is 4. The second-order valence-corrected chi connectivity index (χ2v) is 7.04. The number of benzene rings is 2. The number of ether oxygens (including phenoxy) is 1. The van der Waals surface area contributed by atoms with Gasteiger partial charge in [-0.25, -0.2) is 0 Å². The van der Waals surface area contributed by atoms with E-state index in [1.54, 1.807) is 7.11 Å². The molecule has 0 aromatic heterocycles. The Bertz CT molecular complexity index is 601. The Morgan fingerprint density at radius 3 is 2.42 bits per heavy atom. The number of alkyl halides is 1. The summed E-state index contributed by atoms with van der Waals surface area (Å²) < 4.78 is 7.44. The van der Waals surface area contributed by atoms with Crippen molar-refractivity contribution < 1.29 is 4.74 Å². The lowest BCUT2D eigenvalue weighted by Crippen LogP contribution is -1.98. The summed E-state index contributed by atoms with van der Waals surface area (Å²) in [4.78, 5) is 0.00336. The molecule has 0 aliphatic carbocycles. The Morgan fingerprint density at radius 1 is 1.05 bits per heavy atom. The molecule has 0 spiro atoms. The van der Waals surface area contributed by atoms with E-state index in [1.165, 1.54) is 0 Å². The van der Waals surface area contributed by atoms with Crippen LogP contribution in [0.2, 0.25) is 5.02 Å². The quantitative estimate of drug-likeness (QED) is 0.476. The second kappa shape index (κ2) is 6.61. The molecule has 0 N–H and O–H groups in total. The van der Waals surface area contributed by atoms with Gasteiger partial charge in [-0.1, -0.05) is 65.5 Å². The molecule has 0 heterocycles. The van der Waals surface area contributed by atoms with Gasteiger partial charge in [0.1, 0.15) is 5.75 Å². The van der Waals surface area contributed by atoms with Crippen molar-refractivity contribution in [3.05, 3.63) is 61.5 Å². The van der Waals surface area contributed by atoms with Crippen LogP contribution in [-0.4, -0.2) is 7.11 Å². The monoisotopic (exact) mass is 466 g/mol. The van der Waals surface area contributed by atoms with E-state index in [9.17, 15) is 0 Å². The summed E-state index contributed by atoms with van der Waals surface area (Å²) in [6.07, 6.45) is 0. The highest BCUT2D eigenvalue weighted by molar-refractivity contribution is 9.11. The molecule has 1 nitrogen and oxygen atoms in total. The first-order valence-electron chi connectivity index (χ1n) is 5.45. The third kappa shape index (κ3) is 3.54. The van der Waals surface area contributed by atoms with Gasteiger partial charge in [0.15, 0.2) is 0 Å². The Kier molecular flexibility index (Phi) is 5.35. The lowest BCUT2D eigenvalue weighted by molar-refractivity contribution is 0.410. The molecule has 0 aliphatic rings. The topological polar surface area (TPSA) is 9.23 Å². The van der Waals surface area contributed by atoms with E-state index in [-0.39, 0.29) is 4.83 Å². The Hall–Kier alpha value is -0.0300. The lowest BCUT2D eigenvalue weighted by Gasteiger charge is -2.16. The molecule has 19 heavy (non-hydrogen) atoms. The standard InChI is InChI=1S/C14H10Br3ClO/c1-19-13-5-3-9(18)7-11(13)14(17)10-4-2-8(15)6-12(10)16/h2-7,14H,1H3. The maximum atomic E-state index is 6.07. The highest BCUT2D eigenvalue weighted by Crippen LogP contribution is 2.41. The zero-order chi connectivity index (χ0) is 14.0. The second-order valence-electron chi connectivity index (χ2n) is 3.91. The fraction of sp³-hybridized carbons (Fsp3) is 0.143. The minimum atomic E-state index is 0.00336. The molecule has 2 rings (SSSR count). The Balaban J connectivity index is 2.49. The van der Waals surface area contributed by atoms with Crippen LogP contribution in [0.25, 0.3) is 0 Å². The molecule has 0 fully saturated rings. The fourth-order valence-corrected chi connectivity index (χ4v) is 4.30. The molecule has 0 saturated heterocycles. The van der Waals surface area contributed by atoms with Gasteiger partial charge in [0.25, 0.3) is 0 Å². The maximum Gasteiger partial charge on any atom is 0.123 e. The molecule has 1 unspecified atom stereocenters. The molecule has 100 valence electrons. The van der Waals surface area contributed by atoms with Gasteiger partial charge >= 0.3 is 0 Å². The van der Waals surface area contributed by atoms with E-state index >= 15 is 0 Å².